The Kier molecular flexibility index (Phi) is 4.23. The molecular weight excluding hydrogens is 428 g/mol. The molecule has 116 valence electrons. The molecule has 1 heterocycles. The van der Waals surface area contributed by atoms with Crippen LogP contribution in [-0.4, -0.2) is 22.0 Å². The Labute approximate surface area is 148 Å². The minimum absolute atomic E-state index is 0.00397. The van der Waals surface area contributed by atoms with E-state index in [2.05, 4.69) is 42.2 Å². The standard InChI is InChI=1S/C16H10Br2N2O3/c17-9-6-10(16(22)23)14(11(18)7-9)20-15(21)13-5-8-3-1-2-4-12(8)19-13/h1-7,19H,(H,20,21)(H,22,23). The maximum atomic E-state index is 12.4. The number of aromatic amines is 1. The topological polar surface area (TPSA) is 82.2 Å². The van der Waals surface area contributed by atoms with Gasteiger partial charge in [-0.25, -0.2) is 4.79 Å². The normalized spacial score (nSPS) is 10.7. The van der Waals surface area contributed by atoms with Crippen molar-refractivity contribution in [3.05, 3.63) is 62.7 Å². The summed E-state index contributed by atoms with van der Waals surface area (Å²) in [5.41, 5.74) is 1.41. The van der Waals surface area contributed by atoms with Crippen LogP contribution in [-0.2, 0) is 0 Å². The summed E-state index contributed by atoms with van der Waals surface area (Å²) >= 11 is 6.52. The molecule has 0 aliphatic carbocycles. The monoisotopic (exact) mass is 436 g/mol. The Hall–Kier alpha value is -2.12. The number of carboxylic acids is 1. The lowest BCUT2D eigenvalue weighted by Crippen LogP contribution is -2.15. The Morgan fingerprint density at radius 2 is 1.83 bits per heavy atom. The van der Waals surface area contributed by atoms with Gasteiger partial charge in [0, 0.05) is 19.8 Å². The van der Waals surface area contributed by atoms with E-state index >= 15 is 0 Å². The van der Waals surface area contributed by atoms with Gasteiger partial charge in [0.25, 0.3) is 5.91 Å². The van der Waals surface area contributed by atoms with Gasteiger partial charge in [0.05, 0.1) is 11.3 Å². The van der Waals surface area contributed by atoms with Crippen LogP contribution >= 0.6 is 31.9 Å². The van der Waals surface area contributed by atoms with Gasteiger partial charge in [-0.05, 0) is 40.2 Å². The predicted molar refractivity (Wildman–Crippen MR) is 95.1 cm³/mol. The van der Waals surface area contributed by atoms with Gasteiger partial charge in [0.1, 0.15) is 5.69 Å². The molecule has 0 spiro atoms. The van der Waals surface area contributed by atoms with E-state index in [0.717, 1.165) is 10.9 Å². The van der Waals surface area contributed by atoms with Crippen molar-refractivity contribution < 1.29 is 14.7 Å². The number of nitrogens with one attached hydrogen (secondary N) is 2. The number of anilines is 1. The van der Waals surface area contributed by atoms with E-state index < -0.39 is 11.9 Å². The third-order valence-corrected chi connectivity index (χ3v) is 4.38. The molecule has 0 saturated carbocycles. The molecule has 0 aliphatic heterocycles. The number of halogens is 2. The Morgan fingerprint density at radius 1 is 1.09 bits per heavy atom. The number of hydrogen-bond donors (Lipinski definition) is 3. The number of benzene rings is 2. The molecule has 3 rings (SSSR count). The van der Waals surface area contributed by atoms with Crippen molar-refractivity contribution in [3.63, 3.8) is 0 Å². The number of H-pyrrole nitrogens is 1. The zero-order valence-corrected chi connectivity index (χ0v) is 14.7. The number of amides is 1. The van der Waals surface area contributed by atoms with Crippen LogP contribution < -0.4 is 5.32 Å². The first-order valence-corrected chi connectivity index (χ1v) is 8.16. The highest BCUT2D eigenvalue weighted by Crippen LogP contribution is 2.31. The van der Waals surface area contributed by atoms with E-state index in [1.54, 1.807) is 12.1 Å². The quantitative estimate of drug-likeness (QED) is 0.558. The molecule has 0 bridgehead atoms. The average Bonchev–Trinajstić information content (AvgIpc) is 2.93. The van der Waals surface area contributed by atoms with Gasteiger partial charge < -0.3 is 15.4 Å². The second-order valence-electron chi connectivity index (χ2n) is 4.84. The highest BCUT2D eigenvalue weighted by molar-refractivity contribution is 9.11. The van der Waals surface area contributed by atoms with Gasteiger partial charge in [-0.2, -0.15) is 0 Å². The Morgan fingerprint density at radius 3 is 2.52 bits per heavy atom. The first-order chi connectivity index (χ1) is 11.0. The molecule has 3 aromatic rings. The van der Waals surface area contributed by atoms with Crippen molar-refractivity contribution in [2.75, 3.05) is 5.32 Å². The summed E-state index contributed by atoms with van der Waals surface area (Å²) in [6.45, 7) is 0. The molecule has 2 aromatic carbocycles. The molecule has 0 radical (unpaired) electrons. The highest BCUT2D eigenvalue weighted by Gasteiger charge is 2.18. The number of carboxylic acid groups (broad SMARTS) is 1. The number of carbonyl (C=O) groups excluding carboxylic acids is 1. The maximum Gasteiger partial charge on any atom is 0.337 e. The third-order valence-electron chi connectivity index (χ3n) is 3.30. The number of para-hydroxylation sites is 1. The van der Waals surface area contributed by atoms with Gasteiger partial charge in [0.2, 0.25) is 0 Å². The van der Waals surface area contributed by atoms with E-state index in [9.17, 15) is 14.7 Å². The third kappa shape index (κ3) is 3.16. The lowest BCUT2D eigenvalue weighted by Gasteiger charge is -2.10. The average molecular weight is 438 g/mol. The fraction of sp³-hybridized carbons (Fsp3) is 0. The van der Waals surface area contributed by atoms with E-state index in [0.29, 0.717) is 14.6 Å². The lowest BCUT2D eigenvalue weighted by atomic mass is 10.1. The van der Waals surface area contributed by atoms with Gasteiger partial charge in [0.15, 0.2) is 0 Å². The number of aromatic nitrogens is 1. The zero-order chi connectivity index (χ0) is 16.6. The van der Waals surface area contributed by atoms with Crippen molar-refractivity contribution >= 4 is 60.3 Å². The van der Waals surface area contributed by atoms with Crippen molar-refractivity contribution in [1.29, 1.82) is 0 Å². The molecule has 0 saturated heterocycles. The SMILES string of the molecule is O=C(Nc1c(Br)cc(Br)cc1C(=O)O)c1cc2ccccc2[nH]1. The van der Waals surface area contributed by atoms with Gasteiger partial charge >= 0.3 is 5.97 Å². The molecule has 0 atom stereocenters. The molecular formula is C16H10Br2N2O3. The van der Waals surface area contributed by atoms with Crippen LogP contribution in [0, 0.1) is 0 Å². The second-order valence-corrected chi connectivity index (χ2v) is 6.61. The molecule has 0 unspecified atom stereocenters. The molecule has 3 N–H and O–H groups in total. The number of fused-ring (bicyclic) bond motifs is 1. The lowest BCUT2D eigenvalue weighted by molar-refractivity contribution is 0.0698. The first kappa shape index (κ1) is 15.8. The second kappa shape index (κ2) is 6.17. The van der Waals surface area contributed by atoms with Crippen LogP contribution in [0.25, 0.3) is 10.9 Å². The summed E-state index contributed by atoms with van der Waals surface area (Å²) in [4.78, 5) is 26.8. The number of rotatable bonds is 3. The van der Waals surface area contributed by atoms with Crippen LogP contribution in [0.4, 0.5) is 5.69 Å². The first-order valence-electron chi connectivity index (χ1n) is 6.57. The molecule has 1 aromatic heterocycles. The fourth-order valence-corrected chi connectivity index (χ4v) is 3.57. The van der Waals surface area contributed by atoms with Crippen LogP contribution in [0.5, 0.6) is 0 Å². The maximum absolute atomic E-state index is 12.4. The van der Waals surface area contributed by atoms with Crippen LogP contribution in [0.1, 0.15) is 20.8 Å². The van der Waals surface area contributed by atoms with Crippen molar-refractivity contribution in [3.8, 4) is 0 Å². The van der Waals surface area contributed by atoms with E-state index in [1.807, 2.05) is 24.3 Å². The molecule has 7 heteroatoms. The van der Waals surface area contributed by atoms with Gasteiger partial charge in [-0.1, -0.05) is 34.1 Å². The number of aromatic carboxylic acids is 1. The molecule has 23 heavy (non-hydrogen) atoms. The Bertz CT molecular complexity index is 901. The smallest absolute Gasteiger partial charge is 0.337 e. The van der Waals surface area contributed by atoms with Crippen molar-refractivity contribution in [1.82, 2.24) is 4.98 Å². The van der Waals surface area contributed by atoms with Crippen molar-refractivity contribution in [2.45, 2.75) is 0 Å². The molecule has 5 nitrogen and oxygen atoms in total. The van der Waals surface area contributed by atoms with E-state index in [4.69, 9.17) is 0 Å². The van der Waals surface area contributed by atoms with E-state index in [1.165, 1.54) is 6.07 Å². The summed E-state index contributed by atoms with van der Waals surface area (Å²) in [6.07, 6.45) is 0. The summed E-state index contributed by atoms with van der Waals surface area (Å²) in [5, 5.41) is 12.9. The number of carbonyl (C=O) groups is 2. The van der Waals surface area contributed by atoms with Gasteiger partial charge in [-0.15, -0.1) is 0 Å². The predicted octanol–water partition coefficient (Wildman–Crippen LogP) is 4.64. The minimum atomic E-state index is -1.13. The highest BCUT2D eigenvalue weighted by atomic mass is 79.9. The summed E-state index contributed by atoms with van der Waals surface area (Å²) in [7, 11) is 0. The summed E-state index contributed by atoms with van der Waals surface area (Å²) in [5.74, 6) is -1.54. The molecule has 0 aliphatic rings. The summed E-state index contributed by atoms with van der Waals surface area (Å²) in [6, 6.07) is 12.3. The minimum Gasteiger partial charge on any atom is -0.478 e. The Balaban J connectivity index is 1.98. The van der Waals surface area contributed by atoms with E-state index in [-0.39, 0.29) is 11.3 Å². The van der Waals surface area contributed by atoms with Gasteiger partial charge in [-0.3, -0.25) is 4.79 Å². The summed E-state index contributed by atoms with van der Waals surface area (Å²) < 4.78 is 1.08. The number of hydrogen-bond acceptors (Lipinski definition) is 2. The molecule has 0 fully saturated rings. The zero-order valence-electron chi connectivity index (χ0n) is 11.6. The largest absolute Gasteiger partial charge is 0.478 e. The fourth-order valence-electron chi connectivity index (χ4n) is 2.25. The molecule has 1 amide bonds. The van der Waals surface area contributed by atoms with Crippen molar-refractivity contribution in [2.24, 2.45) is 0 Å². The van der Waals surface area contributed by atoms with Crippen LogP contribution in [0.15, 0.2) is 51.4 Å². The van der Waals surface area contributed by atoms with Crippen LogP contribution in [0.3, 0.4) is 0 Å². The van der Waals surface area contributed by atoms with Crippen LogP contribution in [0.2, 0.25) is 0 Å².